The molecule has 3 aliphatic rings. The van der Waals surface area contributed by atoms with Crippen molar-refractivity contribution in [3.63, 3.8) is 0 Å². The fourth-order valence-corrected chi connectivity index (χ4v) is 6.61. The Morgan fingerprint density at radius 2 is 1.54 bits per heavy atom. The fraction of sp³-hybridized carbons (Fsp3) is 0.281. The molecule has 1 spiro atoms. The molecule has 4 atom stereocenters. The van der Waals surface area contributed by atoms with Crippen molar-refractivity contribution in [3.8, 4) is 0 Å². The maximum absolute atomic E-state index is 14.6. The zero-order valence-electron chi connectivity index (χ0n) is 21.5. The van der Waals surface area contributed by atoms with Crippen molar-refractivity contribution in [2.75, 3.05) is 10.2 Å². The number of rotatable bonds is 3. The van der Waals surface area contributed by atoms with Gasteiger partial charge in [0.1, 0.15) is 11.5 Å². The van der Waals surface area contributed by atoms with E-state index in [4.69, 9.17) is 0 Å². The number of nitrogens with one attached hydrogen (secondary N) is 1. The molecule has 1 N–H and O–H groups in total. The van der Waals surface area contributed by atoms with Crippen LogP contribution in [0.5, 0.6) is 0 Å². The number of carbonyl (C=O) groups is 3. The normalized spacial score (nSPS) is 25.7. The van der Waals surface area contributed by atoms with Gasteiger partial charge in [0.25, 0.3) is 0 Å². The molecular formula is C32H30N2O3. The molecule has 37 heavy (non-hydrogen) atoms. The lowest BCUT2D eigenvalue weighted by Gasteiger charge is -2.39. The highest BCUT2D eigenvalue weighted by atomic mass is 16.2. The Labute approximate surface area is 217 Å². The molecule has 0 bridgehead atoms. The van der Waals surface area contributed by atoms with Crippen LogP contribution in [0.15, 0.2) is 84.9 Å². The first kappa shape index (κ1) is 23.4. The van der Waals surface area contributed by atoms with Crippen molar-refractivity contribution < 1.29 is 14.4 Å². The predicted molar refractivity (Wildman–Crippen MR) is 146 cm³/mol. The van der Waals surface area contributed by atoms with Gasteiger partial charge in [-0.05, 0) is 30.2 Å². The van der Waals surface area contributed by atoms with Crippen LogP contribution in [0.3, 0.4) is 0 Å². The lowest BCUT2D eigenvalue weighted by Crippen LogP contribution is -2.51. The van der Waals surface area contributed by atoms with E-state index in [9.17, 15) is 14.4 Å². The first-order valence-electron chi connectivity index (χ1n) is 12.8. The SMILES string of the molecule is CC1=C[C@H]2N(c3ccccc31)[C@@H](C(=O)C(C)(C)C)[C@@H](C(=O)c1ccccc1)[C@@]21C(=O)Nc2ccccc21. The van der Waals surface area contributed by atoms with E-state index in [1.165, 1.54) is 0 Å². The highest BCUT2D eigenvalue weighted by Gasteiger charge is 2.71. The summed E-state index contributed by atoms with van der Waals surface area (Å²) in [5, 5.41) is 3.08. The highest BCUT2D eigenvalue weighted by molar-refractivity contribution is 6.17. The van der Waals surface area contributed by atoms with E-state index in [0.717, 1.165) is 22.4 Å². The summed E-state index contributed by atoms with van der Waals surface area (Å²) in [4.78, 5) is 45.3. The van der Waals surface area contributed by atoms with E-state index >= 15 is 0 Å². The minimum absolute atomic E-state index is 0.0522. The smallest absolute Gasteiger partial charge is 0.238 e. The van der Waals surface area contributed by atoms with Gasteiger partial charge in [0.2, 0.25) is 5.91 Å². The second kappa shape index (κ2) is 8.01. The number of nitrogens with zero attached hydrogens (tertiary/aromatic N) is 1. The number of Topliss-reactive ketones (excluding diaryl/α,β-unsaturated/α-hetero) is 2. The Morgan fingerprint density at radius 1 is 0.892 bits per heavy atom. The summed E-state index contributed by atoms with van der Waals surface area (Å²) in [6.07, 6.45) is 2.09. The lowest BCUT2D eigenvalue weighted by molar-refractivity contribution is -0.128. The van der Waals surface area contributed by atoms with Crippen molar-refractivity contribution in [1.29, 1.82) is 0 Å². The lowest BCUT2D eigenvalue weighted by atomic mass is 9.63. The number of hydrogen-bond acceptors (Lipinski definition) is 4. The van der Waals surface area contributed by atoms with Gasteiger partial charge in [0.05, 0.1) is 12.0 Å². The van der Waals surface area contributed by atoms with E-state index < -0.39 is 28.8 Å². The van der Waals surface area contributed by atoms with Crippen LogP contribution in [0.4, 0.5) is 11.4 Å². The highest BCUT2D eigenvalue weighted by Crippen LogP contribution is 2.59. The molecule has 0 aromatic heterocycles. The summed E-state index contributed by atoms with van der Waals surface area (Å²) in [7, 11) is 0. The first-order chi connectivity index (χ1) is 17.7. The van der Waals surface area contributed by atoms with Crippen molar-refractivity contribution in [2.45, 2.75) is 45.2 Å². The van der Waals surface area contributed by atoms with Crippen molar-refractivity contribution in [1.82, 2.24) is 0 Å². The van der Waals surface area contributed by atoms with Crippen LogP contribution >= 0.6 is 0 Å². The zero-order valence-corrected chi connectivity index (χ0v) is 21.5. The van der Waals surface area contributed by atoms with Crippen molar-refractivity contribution in [2.24, 2.45) is 11.3 Å². The number of ketones is 2. The van der Waals surface area contributed by atoms with Crippen LogP contribution in [-0.2, 0) is 15.0 Å². The molecule has 0 radical (unpaired) electrons. The van der Waals surface area contributed by atoms with Gasteiger partial charge >= 0.3 is 0 Å². The number of hydrogen-bond donors (Lipinski definition) is 1. The summed E-state index contributed by atoms with van der Waals surface area (Å²) >= 11 is 0. The molecule has 1 fully saturated rings. The summed E-state index contributed by atoms with van der Waals surface area (Å²) < 4.78 is 0. The van der Waals surface area contributed by atoms with Gasteiger partial charge in [0.15, 0.2) is 11.6 Å². The summed E-state index contributed by atoms with van der Waals surface area (Å²) in [5.41, 5.74) is 2.92. The van der Waals surface area contributed by atoms with Gasteiger partial charge in [-0.3, -0.25) is 14.4 Å². The third kappa shape index (κ3) is 3.13. The minimum atomic E-state index is -1.26. The molecule has 186 valence electrons. The van der Waals surface area contributed by atoms with Crippen LogP contribution < -0.4 is 10.2 Å². The van der Waals surface area contributed by atoms with Crippen LogP contribution in [0.25, 0.3) is 5.57 Å². The summed E-state index contributed by atoms with van der Waals surface area (Å²) in [5.74, 6) is -1.38. The average Bonchev–Trinajstić information content (AvgIpc) is 3.36. The van der Waals surface area contributed by atoms with Gasteiger partial charge in [-0.15, -0.1) is 0 Å². The van der Waals surface area contributed by atoms with Gasteiger partial charge in [0, 0.05) is 27.9 Å². The number of carbonyl (C=O) groups excluding carboxylic acids is 3. The molecule has 0 saturated carbocycles. The van der Waals surface area contributed by atoms with Crippen LogP contribution in [0, 0.1) is 11.3 Å². The molecule has 1 saturated heterocycles. The van der Waals surface area contributed by atoms with Gasteiger partial charge in [-0.25, -0.2) is 0 Å². The third-order valence-corrected chi connectivity index (χ3v) is 8.23. The van der Waals surface area contributed by atoms with Crippen molar-refractivity contribution in [3.05, 3.63) is 102 Å². The van der Waals surface area contributed by atoms with Crippen molar-refractivity contribution >= 4 is 34.4 Å². The number of anilines is 2. The standard InChI is InChI=1S/C32H30N2O3/c1-19-18-25-32(22-15-9-10-16-23(22)33-30(32)37)26(28(35)20-12-6-5-7-13-20)27(29(36)31(2,3)4)34(25)24-17-11-8-14-21(19)24/h5-18,25-27H,1-4H3,(H,33,37)/t25-,26+,27-,32+/m1/s1. The average molecular weight is 491 g/mol. The molecular weight excluding hydrogens is 460 g/mol. The maximum atomic E-state index is 14.6. The second-order valence-electron chi connectivity index (χ2n) is 11.4. The second-order valence-corrected chi connectivity index (χ2v) is 11.4. The largest absolute Gasteiger partial charge is 0.352 e. The van der Waals surface area contributed by atoms with Gasteiger partial charge < -0.3 is 10.2 Å². The monoisotopic (exact) mass is 490 g/mol. The molecule has 0 aliphatic carbocycles. The van der Waals surface area contributed by atoms with E-state index in [1.54, 1.807) is 12.1 Å². The van der Waals surface area contributed by atoms with E-state index in [2.05, 4.69) is 16.3 Å². The van der Waals surface area contributed by atoms with Gasteiger partial charge in [-0.2, -0.15) is 0 Å². The number of amides is 1. The topological polar surface area (TPSA) is 66.5 Å². The molecule has 3 heterocycles. The Balaban J connectivity index is 1.71. The third-order valence-electron chi connectivity index (χ3n) is 8.23. The maximum Gasteiger partial charge on any atom is 0.238 e. The number of allylic oxidation sites excluding steroid dienone is 1. The van der Waals surface area contributed by atoms with E-state index in [0.29, 0.717) is 11.3 Å². The molecule has 6 rings (SSSR count). The Morgan fingerprint density at radius 3 is 2.27 bits per heavy atom. The molecule has 3 aliphatic heterocycles. The van der Waals surface area contributed by atoms with Crippen LogP contribution in [0.1, 0.15) is 49.2 Å². The summed E-state index contributed by atoms with van der Waals surface area (Å²) in [6, 6.07) is 23.3. The molecule has 1 amide bonds. The van der Waals surface area contributed by atoms with E-state index in [-0.39, 0.29) is 17.5 Å². The molecule has 3 aromatic carbocycles. The Kier molecular flexibility index (Phi) is 5.07. The predicted octanol–water partition coefficient (Wildman–Crippen LogP) is 5.67. The fourth-order valence-electron chi connectivity index (χ4n) is 6.61. The number of benzene rings is 3. The molecule has 0 unspecified atom stereocenters. The van der Waals surface area contributed by atoms with Gasteiger partial charge in [-0.1, -0.05) is 93.6 Å². The van der Waals surface area contributed by atoms with Crippen LogP contribution in [-0.4, -0.2) is 29.6 Å². The zero-order chi connectivity index (χ0) is 26.1. The van der Waals surface area contributed by atoms with Crippen LogP contribution in [0.2, 0.25) is 0 Å². The Hall–Kier alpha value is -3.99. The molecule has 3 aromatic rings. The number of para-hydroxylation sites is 2. The minimum Gasteiger partial charge on any atom is -0.352 e. The molecule has 5 nitrogen and oxygen atoms in total. The Bertz CT molecular complexity index is 1480. The molecule has 5 heteroatoms. The first-order valence-corrected chi connectivity index (χ1v) is 12.8. The number of fused-ring (bicyclic) bond motifs is 6. The summed E-state index contributed by atoms with van der Waals surface area (Å²) in [6.45, 7) is 7.70. The quantitative estimate of drug-likeness (QED) is 0.481. The van der Waals surface area contributed by atoms with E-state index in [1.807, 2.05) is 94.4 Å².